The molecule has 0 heterocycles. The minimum atomic E-state index is 0.341. The molecule has 1 radical (unpaired) electrons. The minimum Gasteiger partial charge on any atom is -0.300 e. The maximum atomic E-state index is 10.8. The zero-order chi connectivity index (χ0) is 16.3. The minimum absolute atomic E-state index is 0.341. The Kier molecular flexibility index (Phi) is 18.6. The van der Waals surface area contributed by atoms with Crippen LogP contribution in [0.4, 0.5) is 0 Å². The number of hydrogen-bond acceptors (Lipinski definition) is 2. The molecule has 2 heteroatoms. The summed E-state index contributed by atoms with van der Waals surface area (Å²) in [5.41, 5.74) is 0. The van der Waals surface area contributed by atoms with Crippen LogP contribution in [0.3, 0.4) is 0 Å². The average molecular weight is 326 g/mol. The first kappa shape index (κ1) is 21.8. The number of thiocarbonyl (C=S) groups is 1. The van der Waals surface area contributed by atoms with E-state index in [-0.39, 0.29) is 0 Å². The molecule has 0 saturated heterocycles. The van der Waals surface area contributed by atoms with E-state index in [4.69, 9.17) is 12.2 Å². The molecule has 0 aromatic rings. The van der Waals surface area contributed by atoms with E-state index in [0.717, 1.165) is 19.3 Å². The number of unbranched alkanes of at least 4 members (excludes halogenated alkanes) is 15. The zero-order valence-corrected chi connectivity index (χ0v) is 15.7. The first-order valence-electron chi connectivity index (χ1n) is 9.62. The molecule has 0 N–H and O–H groups in total. The van der Waals surface area contributed by atoms with Gasteiger partial charge in [-0.2, -0.15) is 0 Å². The van der Waals surface area contributed by atoms with Gasteiger partial charge in [-0.05, 0) is 26.2 Å². The smallest absolute Gasteiger partial charge is 0.129 e. The van der Waals surface area contributed by atoms with E-state index in [1.807, 2.05) is 0 Å². The van der Waals surface area contributed by atoms with Crippen molar-refractivity contribution in [3.8, 4) is 0 Å². The molecule has 0 saturated carbocycles. The number of carbonyl (C=O) groups is 1. The van der Waals surface area contributed by atoms with Crippen molar-refractivity contribution in [3.05, 3.63) is 0 Å². The van der Waals surface area contributed by atoms with Crippen molar-refractivity contribution in [1.29, 1.82) is 0 Å². The molecule has 22 heavy (non-hydrogen) atoms. The Morgan fingerprint density at radius 2 is 0.955 bits per heavy atom. The Morgan fingerprint density at radius 3 is 1.27 bits per heavy atom. The molecule has 0 aliphatic heterocycles. The fourth-order valence-electron chi connectivity index (χ4n) is 2.87. The summed E-state index contributed by atoms with van der Waals surface area (Å²) >= 11 is 4.70. The van der Waals surface area contributed by atoms with Crippen LogP contribution < -0.4 is 0 Å². The molecule has 0 fully saturated rings. The van der Waals surface area contributed by atoms with Gasteiger partial charge in [0.25, 0.3) is 0 Å². The van der Waals surface area contributed by atoms with Gasteiger partial charge in [0.05, 0.1) is 0 Å². The summed E-state index contributed by atoms with van der Waals surface area (Å²) < 4.78 is 0. The number of hydrogen-bond donors (Lipinski definition) is 0. The summed E-state index contributed by atoms with van der Waals surface area (Å²) in [5.74, 6) is 0.341. The molecule has 0 unspecified atom stereocenters. The van der Waals surface area contributed by atoms with Crippen molar-refractivity contribution >= 4 is 23.4 Å². The van der Waals surface area contributed by atoms with Gasteiger partial charge in [0.15, 0.2) is 0 Å². The predicted octanol–water partition coefficient (Wildman–Crippen LogP) is 7.08. The van der Waals surface area contributed by atoms with Gasteiger partial charge in [-0.15, -0.1) is 0 Å². The largest absolute Gasteiger partial charge is 0.300 e. The molecular formula is C20H37OS. The number of carbonyl (C=O) groups excluding carboxylic acids is 1. The fraction of sp³-hybridized carbons (Fsp3) is 0.900. The van der Waals surface area contributed by atoms with E-state index in [0.29, 0.717) is 5.78 Å². The Balaban J connectivity index is 2.97. The highest BCUT2D eigenvalue weighted by atomic mass is 32.1. The lowest BCUT2D eigenvalue weighted by molar-refractivity contribution is -0.117. The van der Waals surface area contributed by atoms with E-state index in [9.17, 15) is 4.79 Å². The van der Waals surface area contributed by atoms with Gasteiger partial charge in [0.1, 0.15) is 5.78 Å². The van der Waals surface area contributed by atoms with Crippen LogP contribution >= 0.6 is 12.2 Å². The first-order chi connectivity index (χ1) is 10.8. The second-order valence-corrected chi connectivity index (χ2v) is 6.94. The van der Waals surface area contributed by atoms with E-state index in [1.54, 1.807) is 6.92 Å². The highest BCUT2D eigenvalue weighted by Crippen LogP contribution is 2.13. The molecule has 0 atom stereocenters. The highest BCUT2D eigenvalue weighted by Gasteiger charge is 1.96. The van der Waals surface area contributed by atoms with E-state index in [2.05, 4.69) is 5.37 Å². The molecule has 0 aromatic heterocycles. The van der Waals surface area contributed by atoms with Crippen molar-refractivity contribution in [1.82, 2.24) is 0 Å². The molecular weight excluding hydrogens is 288 g/mol. The summed E-state index contributed by atoms with van der Waals surface area (Å²) in [6, 6.07) is 0. The third-order valence-electron chi connectivity index (χ3n) is 4.31. The zero-order valence-electron chi connectivity index (χ0n) is 14.8. The second kappa shape index (κ2) is 18.8. The van der Waals surface area contributed by atoms with Crippen molar-refractivity contribution in [2.75, 3.05) is 0 Å². The van der Waals surface area contributed by atoms with Crippen LogP contribution in [0.1, 0.15) is 116 Å². The summed E-state index contributed by atoms with van der Waals surface area (Å²) in [4.78, 5) is 10.8. The van der Waals surface area contributed by atoms with Gasteiger partial charge in [0.2, 0.25) is 0 Å². The lowest BCUT2D eigenvalue weighted by atomic mass is 10.0. The summed E-state index contributed by atoms with van der Waals surface area (Å²) in [6.45, 7) is 1.69. The molecule has 129 valence electrons. The Labute approximate surface area is 144 Å². The number of Topliss-reactive ketones (excluding diaryl/α,β-unsaturated/α-hetero) is 1. The SMILES string of the molecule is CC(=O)CCCCCCCCCCCCCCCCC[C]=S. The molecule has 0 rings (SSSR count). The lowest BCUT2D eigenvalue weighted by Gasteiger charge is -2.03. The van der Waals surface area contributed by atoms with E-state index >= 15 is 0 Å². The van der Waals surface area contributed by atoms with Gasteiger partial charge in [-0.25, -0.2) is 0 Å². The molecule has 0 aromatic carbocycles. The van der Waals surface area contributed by atoms with Crippen molar-refractivity contribution in [3.63, 3.8) is 0 Å². The van der Waals surface area contributed by atoms with Crippen LogP contribution in [-0.4, -0.2) is 11.2 Å². The van der Waals surface area contributed by atoms with Gasteiger partial charge in [-0.1, -0.05) is 95.7 Å². The first-order valence-corrected chi connectivity index (χ1v) is 10.0. The topological polar surface area (TPSA) is 17.1 Å². The van der Waals surface area contributed by atoms with E-state index < -0.39 is 0 Å². The standard InChI is InChI=1S/C20H37OS/c1-20(21)18-16-14-12-10-8-6-4-2-3-5-7-9-11-13-15-17-19-22/h2-18H2,1H3. The van der Waals surface area contributed by atoms with Crippen LogP contribution in [0.5, 0.6) is 0 Å². The second-order valence-electron chi connectivity index (χ2n) is 6.65. The lowest BCUT2D eigenvalue weighted by Crippen LogP contribution is -1.89. The molecule has 0 bridgehead atoms. The van der Waals surface area contributed by atoms with Crippen molar-refractivity contribution in [2.45, 2.75) is 116 Å². The summed E-state index contributed by atoms with van der Waals surface area (Å²) in [6.07, 6.45) is 22.0. The molecule has 1 nitrogen and oxygen atoms in total. The average Bonchev–Trinajstić information content (AvgIpc) is 2.50. The quantitative estimate of drug-likeness (QED) is 0.198. The normalized spacial score (nSPS) is 10.8. The highest BCUT2D eigenvalue weighted by molar-refractivity contribution is 7.78. The van der Waals surface area contributed by atoms with Crippen LogP contribution in [0.2, 0.25) is 0 Å². The third kappa shape index (κ3) is 19.8. The van der Waals surface area contributed by atoms with Gasteiger partial charge >= 0.3 is 0 Å². The number of ketones is 1. The van der Waals surface area contributed by atoms with Gasteiger partial charge in [0, 0.05) is 11.8 Å². The van der Waals surface area contributed by atoms with E-state index in [1.165, 1.54) is 89.9 Å². The van der Waals surface area contributed by atoms with Crippen LogP contribution in [0, 0.1) is 0 Å². The monoisotopic (exact) mass is 325 g/mol. The molecule has 0 amide bonds. The Hall–Kier alpha value is -0.240. The van der Waals surface area contributed by atoms with Crippen LogP contribution in [0.15, 0.2) is 0 Å². The summed E-state index contributed by atoms with van der Waals surface area (Å²) in [5, 5.41) is 2.79. The van der Waals surface area contributed by atoms with Crippen molar-refractivity contribution < 1.29 is 4.79 Å². The summed E-state index contributed by atoms with van der Waals surface area (Å²) in [7, 11) is 0. The molecule has 0 aliphatic rings. The maximum Gasteiger partial charge on any atom is 0.129 e. The van der Waals surface area contributed by atoms with Gasteiger partial charge in [-0.3, -0.25) is 0 Å². The Bertz CT molecular complexity index is 250. The van der Waals surface area contributed by atoms with Gasteiger partial charge < -0.3 is 4.79 Å². The van der Waals surface area contributed by atoms with Crippen LogP contribution in [-0.2, 0) is 4.79 Å². The predicted molar refractivity (Wildman–Crippen MR) is 102 cm³/mol. The Morgan fingerprint density at radius 1 is 0.636 bits per heavy atom. The molecule has 0 aliphatic carbocycles. The van der Waals surface area contributed by atoms with Crippen LogP contribution in [0.25, 0.3) is 0 Å². The molecule has 0 spiro atoms. The number of rotatable bonds is 18. The van der Waals surface area contributed by atoms with Crippen molar-refractivity contribution in [2.24, 2.45) is 0 Å². The third-order valence-corrected chi connectivity index (χ3v) is 4.51. The fourth-order valence-corrected chi connectivity index (χ4v) is 3.01. The maximum absolute atomic E-state index is 10.8.